The van der Waals surface area contributed by atoms with Gasteiger partial charge >= 0.3 is 0 Å². The fourth-order valence-electron chi connectivity index (χ4n) is 2.24. The average molecular weight is 394 g/mol. The molecule has 2 aromatic rings. The first kappa shape index (κ1) is 20.5. The Morgan fingerprint density at radius 1 is 0.889 bits per heavy atom. The number of hydrogen-bond donors (Lipinski definition) is 2. The van der Waals surface area contributed by atoms with E-state index in [1.54, 1.807) is 30.3 Å². The maximum absolute atomic E-state index is 12.2. The molecule has 0 aromatic heterocycles. The molecule has 146 valence electrons. The molecule has 0 saturated heterocycles. The van der Waals surface area contributed by atoms with Crippen LogP contribution in [0.2, 0.25) is 0 Å². The number of carbonyl (C=O) groups is 1. The topological polar surface area (TPSA) is 103 Å². The van der Waals surface area contributed by atoms with Crippen LogP contribution in [0.25, 0.3) is 0 Å². The van der Waals surface area contributed by atoms with E-state index in [-0.39, 0.29) is 23.8 Å². The third-order valence-corrected chi connectivity index (χ3v) is 5.13. The Kier molecular flexibility index (Phi) is 7.03. The van der Waals surface area contributed by atoms with Gasteiger partial charge in [-0.3, -0.25) is 4.79 Å². The summed E-state index contributed by atoms with van der Waals surface area (Å²) in [6, 6.07) is 10.9. The molecule has 0 aliphatic carbocycles. The molecule has 0 heterocycles. The monoisotopic (exact) mass is 394 g/mol. The number of sulfonamides is 1. The Morgan fingerprint density at radius 3 is 1.96 bits per heavy atom. The number of rotatable bonds is 9. The van der Waals surface area contributed by atoms with Crippen LogP contribution in [0.5, 0.6) is 17.2 Å². The lowest BCUT2D eigenvalue weighted by molar-refractivity contribution is -0.116. The van der Waals surface area contributed by atoms with Crippen LogP contribution in [-0.2, 0) is 14.8 Å². The molecule has 2 N–H and O–H groups in total. The van der Waals surface area contributed by atoms with E-state index in [1.807, 2.05) is 0 Å². The largest absolute Gasteiger partial charge is 0.497 e. The van der Waals surface area contributed by atoms with E-state index in [1.165, 1.54) is 33.5 Å². The molecule has 2 aromatic carbocycles. The Hall–Kier alpha value is -2.78. The maximum Gasteiger partial charge on any atom is 0.240 e. The molecule has 0 unspecified atom stereocenters. The minimum Gasteiger partial charge on any atom is -0.497 e. The molecule has 9 heteroatoms. The fraction of sp³-hybridized carbons (Fsp3) is 0.278. The highest BCUT2D eigenvalue weighted by atomic mass is 32.2. The van der Waals surface area contributed by atoms with E-state index < -0.39 is 10.0 Å². The summed E-state index contributed by atoms with van der Waals surface area (Å²) in [7, 11) is 0.814. The molecule has 27 heavy (non-hydrogen) atoms. The number of hydrogen-bond acceptors (Lipinski definition) is 6. The molecule has 0 aliphatic rings. The summed E-state index contributed by atoms with van der Waals surface area (Å²) in [6.07, 6.45) is -0.0328. The van der Waals surface area contributed by atoms with Crippen molar-refractivity contribution in [3.63, 3.8) is 0 Å². The number of methoxy groups -OCH3 is 3. The molecule has 0 aliphatic heterocycles. The first-order chi connectivity index (χ1) is 12.9. The summed E-state index contributed by atoms with van der Waals surface area (Å²) < 4.78 is 42.1. The molecule has 0 bridgehead atoms. The normalized spacial score (nSPS) is 10.9. The number of carbonyl (C=O) groups excluding carboxylic acids is 1. The number of amides is 1. The Labute approximate surface area is 158 Å². The van der Waals surface area contributed by atoms with Crippen molar-refractivity contribution in [3.05, 3.63) is 42.5 Å². The van der Waals surface area contributed by atoms with Crippen LogP contribution in [-0.4, -0.2) is 42.2 Å². The molecule has 0 saturated carbocycles. The molecule has 0 atom stereocenters. The number of ether oxygens (including phenoxy) is 3. The van der Waals surface area contributed by atoms with Crippen molar-refractivity contribution in [2.45, 2.75) is 11.3 Å². The summed E-state index contributed by atoms with van der Waals surface area (Å²) in [5.74, 6) is 1.28. The van der Waals surface area contributed by atoms with Crippen LogP contribution in [0.3, 0.4) is 0 Å². The average Bonchev–Trinajstić information content (AvgIpc) is 2.67. The van der Waals surface area contributed by atoms with Crippen molar-refractivity contribution in [3.8, 4) is 17.2 Å². The second-order valence-corrected chi connectivity index (χ2v) is 7.24. The van der Waals surface area contributed by atoms with Gasteiger partial charge in [-0.05, 0) is 24.3 Å². The van der Waals surface area contributed by atoms with Crippen LogP contribution < -0.4 is 24.2 Å². The van der Waals surface area contributed by atoms with Crippen molar-refractivity contribution in [1.82, 2.24) is 4.72 Å². The summed E-state index contributed by atoms with van der Waals surface area (Å²) in [6.45, 7) is -0.0404. The summed E-state index contributed by atoms with van der Waals surface area (Å²) in [5.41, 5.74) is 0.495. The van der Waals surface area contributed by atoms with Crippen LogP contribution in [0, 0.1) is 0 Å². The van der Waals surface area contributed by atoms with E-state index >= 15 is 0 Å². The lowest BCUT2D eigenvalue weighted by atomic mass is 10.2. The van der Waals surface area contributed by atoms with Crippen molar-refractivity contribution < 1.29 is 27.4 Å². The molecule has 1 amide bonds. The molecule has 2 rings (SSSR count). The van der Waals surface area contributed by atoms with Gasteiger partial charge in [0.15, 0.2) is 0 Å². The number of anilines is 1. The SMILES string of the molecule is COc1ccc(S(=O)(=O)NCCC(=O)Nc2cc(OC)cc(OC)c2)cc1. The second-order valence-electron chi connectivity index (χ2n) is 5.47. The van der Waals surface area contributed by atoms with Gasteiger partial charge in [-0.1, -0.05) is 0 Å². The Morgan fingerprint density at radius 2 is 1.44 bits per heavy atom. The first-order valence-corrected chi connectivity index (χ1v) is 9.53. The quantitative estimate of drug-likeness (QED) is 0.675. The maximum atomic E-state index is 12.2. The van der Waals surface area contributed by atoms with Gasteiger partial charge in [-0.25, -0.2) is 13.1 Å². The minimum absolute atomic E-state index is 0.0328. The van der Waals surface area contributed by atoms with Crippen LogP contribution >= 0.6 is 0 Å². The summed E-state index contributed by atoms with van der Waals surface area (Å²) >= 11 is 0. The van der Waals surface area contributed by atoms with Gasteiger partial charge < -0.3 is 19.5 Å². The van der Waals surface area contributed by atoms with E-state index in [4.69, 9.17) is 14.2 Å². The van der Waals surface area contributed by atoms with Crippen molar-refractivity contribution in [2.75, 3.05) is 33.2 Å². The predicted octanol–water partition coefficient (Wildman–Crippen LogP) is 2.02. The lowest BCUT2D eigenvalue weighted by Gasteiger charge is -2.10. The summed E-state index contributed by atoms with van der Waals surface area (Å²) in [4.78, 5) is 12.2. The predicted molar refractivity (Wildman–Crippen MR) is 101 cm³/mol. The number of nitrogens with one attached hydrogen (secondary N) is 2. The van der Waals surface area contributed by atoms with Gasteiger partial charge in [0.2, 0.25) is 15.9 Å². The third-order valence-electron chi connectivity index (χ3n) is 3.65. The lowest BCUT2D eigenvalue weighted by Crippen LogP contribution is -2.27. The van der Waals surface area contributed by atoms with Crippen molar-refractivity contribution in [2.24, 2.45) is 0 Å². The molecule has 0 radical (unpaired) electrons. The van der Waals surface area contributed by atoms with Gasteiger partial charge in [0.05, 0.1) is 26.2 Å². The first-order valence-electron chi connectivity index (χ1n) is 8.04. The molecular formula is C18H22N2O6S. The zero-order chi connectivity index (χ0) is 19.9. The minimum atomic E-state index is -3.70. The highest BCUT2D eigenvalue weighted by molar-refractivity contribution is 7.89. The van der Waals surface area contributed by atoms with Crippen molar-refractivity contribution in [1.29, 1.82) is 0 Å². The highest BCUT2D eigenvalue weighted by Crippen LogP contribution is 2.25. The zero-order valence-corrected chi connectivity index (χ0v) is 16.1. The highest BCUT2D eigenvalue weighted by Gasteiger charge is 2.14. The van der Waals surface area contributed by atoms with Gasteiger partial charge in [-0.2, -0.15) is 0 Å². The molecule has 8 nitrogen and oxygen atoms in total. The summed E-state index contributed by atoms with van der Waals surface area (Å²) in [5, 5.41) is 2.68. The standard InChI is InChI=1S/C18H22N2O6S/c1-24-14-4-6-17(7-5-14)27(22,23)19-9-8-18(21)20-13-10-15(25-2)12-16(11-13)26-3/h4-7,10-12,19H,8-9H2,1-3H3,(H,20,21). The second kappa shape index (κ2) is 9.24. The molecule has 0 fully saturated rings. The van der Waals surface area contributed by atoms with Crippen LogP contribution in [0.15, 0.2) is 47.4 Å². The fourth-order valence-corrected chi connectivity index (χ4v) is 3.27. The third kappa shape index (κ3) is 5.87. The van der Waals surface area contributed by atoms with Crippen LogP contribution in [0.1, 0.15) is 6.42 Å². The molecule has 0 spiro atoms. The van der Waals surface area contributed by atoms with E-state index in [9.17, 15) is 13.2 Å². The number of benzene rings is 2. The smallest absolute Gasteiger partial charge is 0.240 e. The van der Waals surface area contributed by atoms with E-state index in [2.05, 4.69) is 10.0 Å². The van der Waals surface area contributed by atoms with E-state index in [0.717, 1.165) is 0 Å². The van der Waals surface area contributed by atoms with Gasteiger partial charge in [0, 0.05) is 36.9 Å². The van der Waals surface area contributed by atoms with Gasteiger partial charge in [-0.15, -0.1) is 0 Å². The van der Waals surface area contributed by atoms with Gasteiger partial charge in [0.1, 0.15) is 17.2 Å². The van der Waals surface area contributed by atoms with Crippen molar-refractivity contribution >= 4 is 21.6 Å². The van der Waals surface area contributed by atoms with Crippen LogP contribution in [0.4, 0.5) is 5.69 Å². The Bertz CT molecular complexity index is 859. The van der Waals surface area contributed by atoms with E-state index in [0.29, 0.717) is 22.9 Å². The molecular weight excluding hydrogens is 372 g/mol. The Balaban J connectivity index is 1.91. The van der Waals surface area contributed by atoms with Gasteiger partial charge in [0.25, 0.3) is 0 Å². The zero-order valence-electron chi connectivity index (χ0n) is 15.3.